The Labute approximate surface area is 201 Å². The number of fused-ring (bicyclic) bond motifs is 2. The quantitative estimate of drug-likeness (QED) is 0.407. The molecule has 2 aliphatic carbocycles. The molecule has 0 spiro atoms. The van der Waals surface area contributed by atoms with Crippen LogP contribution in [0.2, 0.25) is 0 Å². The summed E-state index contributed by atoms with van der Waals surface area (Å²) in [5.41, 5.74) is 10.9. The van der Waals surface area contributed by atoms with E-state index in [4.69, 9.17) is 0 Å². The van der Waals surface area contributed by atoms with E-state index in [1.807, 2.05) is 0 Å². The van der Waals surface area contributed by atoms with Crippen molar-refractivity contribution in [3.05, 3.63) is 127 Å². The molecule has 0 amide bonds. The van der Waals surface area contributed by atoms with E-state index in [0.29, 0.717) is 11.8 Å². The Hall–Kier alpha value is -3.64. The smallest absolute Gasteiger partial charge is 0.0222 e. The highest BCUT2D eigenvalue weighted by Gasteiger charge is 2.20. The van der Waals surface area contributed by atoms with Crippen LogP contribution in [0.25, 0.3) is 35.4 Å². The molecule has 0 aliphatic heterocycles. The van der Waals surface area contributed by atoms with Crippen LogP contribution in [0, 0.1) is 27.7 Å². The van der Waals surface area contributed by atoms with Crippen LogP contribution < -0.4 is 20.9 Å². The topological polar surface area (TPSA) is 0 Å². The lowest BCUT2D eigenvalue weighted by molar-refractivity contribution is 1.19. The van der Waals surface area contributed by atoms with Gasteiger partial charge in [-0.2, -0.15) is 0 Å². The lowest BCUT2D eigenvalue weighted by Crippen LogP contribution is -2.21. The average molecular weight is 439 g/mol. The van der Waals surface area contributed by atoms with Gasteiger partial charge in [0.2, 0.25) is 0 Å². The van der Waals surface area contributed by atoms with Crippen LogP contribution in [-0.2, 0) is 0 Å². The Balaban J connectivity index is 1.48. The minimum Gasteiger partial charge on any atom is -0.0653 e. The number of hydrogen-bond acceptors (Lipinski definition) is 0. The second-order valence-corrected chi connectivity index (χ2v) is 10.0. The van der Waals surface area contributed by atoms with E-state index in [2.05, 4.69) is 125 Å². The maximum Gasteiger partial charge on any atom is 0.0222 e. The highest BCUT2D eigenvalue weighted by molar-refractivity contribution is 5.79. The van der Waals surface area contributed by atoms with Crippen LogP contribution in [0.4, 0.5) is 0 Å². The summed E-state index contributed by atoms with van der Waals surface area (Å²) < 4.78 is 0. The number of benzene rings is 4. The third-order valence-electron chi connectivity index (χ3n) is 7.77. The summed E-state index contributed by atoms with van der Waals surface area (Å²) in [7, 11) is 0. The van der Waals surface area contributed by atoms with E-state index in [1.165, 1.54) is 65.4 Å². The van der Waals surface area contributed by atoms with Crippen molar-refractivity contribution in [1.82, 2.24) is 0 Å². The van der Waals surface area contributed by atoms with Crippen LogP contribution in [0.5, 0.6) is 0 Å². The van der Waals surface area contributed by atoms with Crippen molar-refractivity contribution < 1.29 is 0 Å². The SMILES string of the molecule is Cc1cc2c(cc1C)=CC(c1ccccc1-c1ccccc1C1C=c3cc(C)c(C)cc3=C1)C=2. The van der Waals surface area contributed by atoms with Gasteiger partial charge in [-0.15, -0.1) is 0 Å². The summed E-state index contributed by atoms with van der Waals surface area (Å²) in [5.74, 6) is 0.582. The van der Waals surface area contributed by atoms with Crippen molar-refractivity contribution in [2.24, 2.45) is 0 Å². The van der Waals surface area contributed by atoms with E-state index in [0.717, 1.165) is 0 Å². The zero-order chi connectivity index (χ0) is 23.4. The molecule has 2 aliphatic rings. The highest BCUT2D eigenvalue weighted by Crippen LogP contribution is 2.37. The molecule has 0 fully saturated rings. The van der Waals surface area contributed by atoms with Crippen LogP contribution >= 0.6 is 0 Å². The van der Waals surface area contributed by atoms with Gasteiger partial charge < -0.3 is 0 Å². The molecule has 166 valence electrons. The van der Waals surface area contributed by atoms with E-state index in [9.17, 15) is 0 Å². The minimum atomic E-state index is 0.291. The summed E-state index contributed by atoms with van der Waals surface area (Å²) in [4.78, 5) is 0. The van der Waals surface area contributed by atoms with Crippen molar-refractivity contribution in [1.29, 1.82) is 0 Å². The fraction of sp³-hybridized carbons (Fsp3) is 0.176. The van der Waals surface area contributed by atoms with Gasteiger partial charge in [0.1, 0.15) is 0 Å². The van der Waals surface area contributed by atoms with Gasteiger partial charge in [-0.05, 0) is 93.1 Å². The van der Waals surface area contributed by atoms with Crippen molar-refractivity contribution in [3.63, 3.8) is 0 Å². The Morgan fingerprint density at radius 3 is 1.03 bits per heavy atom. The Morgan fingerprint density at radius 1 is 0.412 bits per heavy atom. The molecule has 0 saturated heterocycles. The standard InChI is InChI=1S/C34H30/c1-21-13-25-17-29(18-26(25)14-22(21)2)31-9-5-7-11-33(31)34-12-8-6-10-32(34)30-19-27-15-23(3)24(4)16-28(27)20-30/h5-20,29-30H,1-4H3. The number of hydrogen-bond donors (Lipinski definition) is 0. The largest absolute Gasteiger partial charge is 0.0653 e. The Morgan fingerprint density at radius 2 is 0.706 bits per heavy atom. The molecule has 0 N–H and O–H groups in total. The normalized spacial score (nSPS) is 14.6. The second kappa shape index (κ2) is 7.99. The van der Waals surface area contributed by atoms with Crippen LogP contribution in [0.15, 0.2) is 72.8 Å². The average Bonchev–Trinajstić information content (AvgIpc) is 3.43. The second-order valence-electron chi connectivity index (χ2n) is 10.0. The minimum absolute atomic E-state index is 0.291. The summed E-state index contributed by atoms with van der Waals surface area (Å²) >= 11 is 0. The number of rotatable bonds is 3. The lowest BCUT2D eigenvalue weighted by atomic mass is 9.85. The first-order valence-electron chi connectivity index (χ1n) is 12.3. The third kappa shape index (κ3) is 3.46. The molecule has 0 heteroatoms. The first-order valence-corrected chi connectivity index (χ1v) is 12.3. The maximum atomic E-state index is 2.43. The highest BCUT2D eigenvalue weighted by atomic mass is 14.2. The zero-order valence-corrected chi connectivity index (χ0v) is 20.4. The Kier molecular flexibility index (Phi) is 4.92. The summed E-state index contributed by atoms with van der Waals surface area (Å²) in [6.45, 7) is 8.82. The first kappa shape index (κ1) is 20.9. The van der Waals surface area contributed by atoms with Crippen molar-refractivity contribution in [2.45, 2.75) is 39.5 Å². The Bertz CT molecular complexity index is 1490. The molecule has 6 rings (SSSR count). The molecule has 34 heavy (non-hydrogen) atoms. The fourth-order valence-electron chi connectivity index (χ4n) is 5.59. The van der Waals surface area contributed by atoms with Gasteiger partial charge in [0.25, 0.3) is 0 Å². The third-order valence-corrected chi connectivity index (χ3v) is 7.77. The van der Waals surface area contributed by atoms with Crippen LogP contribution in [0.3, 0.4) is 0 Å². The number of aryl methyl sites for hydroxylation is 4. The molecule has 0 heterocycles. The predicted octanol–water partition coefficient (Wildman–Crippen LogP) is 5.30. The summed E-state index contributed by atoms with van der Waals surface area (Å²) in [5, 5.41) is 5.43. The molecule has 0 atom stereocenters. The fourth-order valence-corrected chi connectivity index (χ4v) is 5.59. The summed E-state index contributed by atoms with van der Waals surface area (Å²) in [6, 6.07) is 27.3. The van der Waals surface area contributed by atoms with Gasteiger partial charge in [-0.1, -0.05) is 97.1 Å². The van der Waals surface area contributed by atoms with E-state index in [-0.39, 0.29) is 0 Å². The van der Waals surface area contributed by atoms with Gasteiger partial charge in [-0.3, -0.25) is 0 Å². The van der Waals surface area contributed by atoms with Crippen LogP contribution in [-0.4, -0.2) is 0 Å². The van der Waals surface area contributed by atoms with Crippen LogP contribution in [0.1, 0.15) is 45.2 Å². The molecular formula is C34H30. The monoisotopic (exact) mass is 438 g/mol. The molecule has 0 bridgehead atoms. The van der Waals surface area contributed by atoms with E-state index >= 15 is 0 Å². The van der Waals surface area contributed by atoms with Gasteiger partial charge in [-0.25, -0.2) is 0 Å². The van der Waals surface area contributed by atoms with Crippen molar-refractivity contribution in [2.75, 3.05) is 0 Å². The van der Waals surface area contributed by atoms with E-state index in [1.54, 1.807) is 0 Å². The first-order chi connectivity index (χ1) is 16.5. The molecule has 0 nitrogen and oxygen atoms in total. The van der Waals surface area contributed by atoms with Gasteiger partial charge in [0, 0.05) is 11.8 Å². The lowest BCUT2D eigenvalue weighted by Gasteiger charge is -2.18. The molecule has 0 unspecified atom stereocenters. The zero-order valence-electron chi connectivity index (χ0n) is 20.4. The van der Waals surface area contributed by atoms with Crippen molar-refractivity contribution >= 4 is 24.3 Å². The van der Waals surface area contributed by atoms with Gasteiger partial charge in [0.05, 0.1) is 0 Å². The van der Waals surface area contributed by atoms with Gasteiger partial charge in [0.15, 0.2) is 0 Å². The predicted molar refractivity (Wildman–Crippen MR) is 146 cm³/mol. The molecule has 0 saturated carbocycles. The van der Waals surface area contributed by atoms with E-state index < -0.39 is 0 Å². The molecule has 0 radical (unpaired) electrons. The van der Waals surface area contributed by atoms with Gasteiger partial charge >= 0.3 is 0 Å². The molecule has 0 aromatic heterocycles. The molecule has 4 aromatic carbocycles. The summed E-state index contributed by atoms with van der Waals surface area (Å²) in [6.07, 6.45) is 9.72. The maximum absolute atomic E-state index is 2.43. The van der Waals surface area contributed by atoms with Crippen molar-refractivity contribution in [3.8, 4) is 11.1 Å². The molecule has 4 aromatic rings. The molecular weight excluding hydrogens is 408 g/mol.